The summed E-state index contributed by atoms with van der Waals surface area (Å²) in [6.07, 6.45) is 5.80. The summed E-state index contributed by atoms with van der Waals surface area (Å²) in [5.41, 5.74) is 3.53. The molecule has 0 aliphatic heterocycles. The van der Waals surface area contributed by atoms with E-state index in [4.69, 9.17) is 15.9 Å². The van der Waals surface area contributed by atoms with Crippen LogP contribution in [0.3, 0.4) is 0 Å². The summed E-state index contributed by atoms with van der Waals surface area (Å²) in [4.78, 5) is 12.2. The Morgan fingerprint density at radius 3 is 2.24 bits per heavy atom. The molecule has 0 unspecified atom stereocenters. The van der Waals surface area contributed by atoms with Crippen LogP contribution in [0.15, 0.2) is 72.8 Å². The van der Waals surface area contributed by atoms with Crippen molar-refractivity contribution in [3.63, 3.8) is 0 Å². The molecule has 29 heavy (non-hydrogen) atoms. The van der Waals surface area contributed by atoms with Gasteiger partial charge in [0.15, 0.2) is 0 Å². The third-order valence-electron chi connectivity index (χ3n) is 4.24. The first-order chi connectivity index (χ1) is 13.9. The van der Waals surface area contributed by atoms with Gasteiger partial charge in [0.25, 0.3) is 0 Å². The monoisotopic (exact) mass is 384 g/mol. The number of terminal acetylenes is 1. The van der Waals surface area contributed by atoms with E-state index >= 15 is 0 Å². The van der Waals surface area contributed by atoms with E-state index < -0.39 is 5.60 Å². The van der Waals surface area contributed by atoms with Gasteiger partial charge in [0, 0.05) is 5.56 Å². The van der Waals surface area contributed by atoms with Crippen molar-refractivity contribution in [2.75, 3.05) is 0 Å². The number of esters is 1. The van der Waals surface area contributed by atoms with Gasteiger partial charge in [0.2, 0.25) is 0 Å². The van der Waals surface area contributed by atoms with E-state index in [1.54, 1.807) is 12.1 Å². The molecule has 3 aromatic rings. The summed E-state index contributed by atoms with van der Waals surface area (Å²) in [6, 6.07) is 22.9. The lowest BCUT2D eigenvalue weighted by molar-refractivity contribution is 0.00695. The number of ether oxygens (including phenoxy) is 2. The van der Waals surface area contributed by atoms with Crippen molar-refractivity contribution >= 4 is 5.97 Å². The normalized spacial score (nSPS) is 10.8. The van der Waals surface area contributed by atoms with E-state index in [0.717, 1.165) is 16.7 Å². The van der Waals surface area contributed by atoms with Crippen molar-refractivity contribution < 1.29 is 14.3 Å². The molecule has 0 aliphatic carbocycles. The van der Waals surface area contributed by atoms with Gasteiger partial charge >= 0.3 is 5.97 Å². The van der Waals surface area contributed by atoms with E-state index in [9.17, 15) is 4.79 Å². The highest BCUT2D eigenvalue weighted by Gasteiger charge is 2.18. The van der Waals surface area contributed by atoms with E-state index in [-0.39, 0.29) is 5.97 Å². The second-order valence-corrected chi connectivity index (χ2v) is 7.68. The number of hydrogen-bond acceptors (Lipinski definition) is 3. The third-order valence-corrected chi connectivity index (χ3v) is 4.24. The Morgan fingerprint density at radius 1 is 0.931 bits per heavy atom. The van der Waals surface area contributed by atoms with Gasteiger partial charge < -0.3 is 9.47 Å². The molecule has 0 amide bonds. The number of carbonyl (C=O) groups excluding carboxylic acids is 1. The van der Waals surface area contributed by atoms with E-state index in [1.807, 2.05) is 81.4 Å². The first-order valence-corrected chi connectivity index (χ1v) is 9.47. The molecule has 3 rings (SSSR count). The van der Waals surface area contributed by atoms with Crippen LogP contribution in [0.4, 0.5) is 0 Å². The van der Waals surface area contributed by atoms with Crippen LogP contribution in [0, 0.1) is 12.3 Å². The summed E-state index contributed by atoms with van der Waals surface area (Å²) in [6.45, 7) is 5.98. The lowest BCUT2D eigenvalue weighted by Gasteiger charge is -2.19. The van der Waals surface area contributed by atoms with Crippen LogP contribution < -0.4 is 4.74 Å². The topological polar surface area (TPSA) is 35.5 Å². The highest BCUT2D eigenvalue weighted by Crippen LogP contribution is 2.31. The first-order valence-electron chi connectivity index (χ1n) is 9.47. The molecule has 0 spiro atoms. The Morgan fingerprint density at radius 2 is 1.62 bits per heavy atom. The molecule has 0 aliphatic rings. The lowest BCUT2D eigenvalue weighted by atomic mass is 9.98. The van der Waals surface area contributed by atoms with Crippen LogP contribution in [0.1, 0.15) is 42.3 Å². The predicted molar refractivity (Wildman–Crippen MR) is 116 cm³/mol. The summed E-state index contributed by atoms with van der Waals surface area (Å²) in [5.74, 6) is 3.06. The second kappa shape index (κ2) is 8.67. The Labute approximate surface area is 172 Å². The van der Waals surface area contributed by atoms with Crippen LogP contribution in [-0.2, 0) is 11.3 Å². The zero-order chi connectivity index (χ0) is 20.9. The van der Waals surface area contributed by atoms with Gasteiger partial charge in [-0.1, -0.05) is 60.5 Å². The molecule has 0 N–H and O–H groups in total. The number of rotatable bonds is 5. The van der Waals surface area contributed by atoms with Gasteiger partial charge in [-0.2, -0.15) is 0 Å². The standard InChI is InChI=1S/C26H24O3/c1-5-22-23(12-9-13-24(22)28-18-19-10-7-6-8-11-19)20-14-16-21(17-15-20)25(27)29-26(2,3)4/h1,6-17H,18H2,2-4H3. The minimum absolute atomic E-state index is 0.346. The van der Waals surface area contributed by atoms with Crippen molar-refractivity contribution in [1.82, 2.24) is 0 Å². The minimum Gasteiger partial charge on any atom is -0.488 e. The van der Waals surface area contributed by atoms with E-state index in [2.05, 4.69) is 5.92 Å². The Kier molecular flexibility index (Phi) is 6.04. The molecule has 146 valence electrons. The van der Waals surface area contributed by atoms with E-state index in [1.165, 1.54) is 0 Å². The third kappa shape index (κ3) is 5.27. The van der Waals surface area contributed by atoms with Crippen LogP contribution in [-0.4, -0.2) is 11.6 Å². The van der Waals surface area contributed by atoms with E-state index in [0.29, 0.717) is 23.5 Å². The van der Waals surface area contributed by atoms with Crippen LogP contribution >= 0.6 is 0 Å². The number of benzene rings is 3. The smallest absolute Gasteiger partial charge is 0.338 e. The summed E-state index contributed by atoms with van der Waals surface area (Å²) >= 11 is 0. The highest BCUT2D eigenvalue weighted by atomic mass is 16.6. The zero-order valence-corrected chi connectivity index (χ0v) is 16.9. The maximum atomic E-state index is 12.2. The molecule has 3 heteroatoms. The fraction of sp³-hybridized carbons (Fsp3) is 0.192. The fourth-order valence-corrected chi connectivity index (χ4v) is 2.90. The zero-order valence-electron chi connectivity index (χ0n) is 16.9. The predicted octanol–water partition coefficient (Wildman–Crippen LogP) is 5.87. The van der Waals surface area contributed by atoms with Crippen LogP contribution in [0.25, 0.3) is 11.1 Å². The van der Waals surface area contributed by atoms with Gasteiger partial charge in [-0.25, -0.2) is 4.79 Å². The average Bonchev–Trinajstić information content (AvgIpc) is 2.71. The molecule has 3 nitrogen and oxygen atoms in total. The molecule has 0 saturated carbocycles. The maximum Gasteiger partial charge on any atom is 0.338 e. The van der Waals surface area contributed by atoms with Crippen molar-refractivity contribution in [1.29, 1.82) is 0 Å². The van der Waals surface area contributed by atoms with Crippen LogP contribution in [0.5, 0.6) is 5.75 Å². The Hall–Kier alpha value is -3.51. The van der Waals surface area contributed by atoms with Crippen molar-refractivity contribution in [2.45, 2.75) is 33.0 Å². The lowest BCUT2D eigenvalue weighted by Crippen LogP contribution is -2.23. The molecule has 0 heterocycles. The van der Waals surface area contributed by atoms with Gasteiger partial charge in [-0.05, 0) is 50.1 Å². The molecule has 3 aromatic carbocycles. The molecular formula is C26H24O3. The SMILES string of the molecule is C#Cc1c(OCc2ccccc2)cccc1-c1ccc(C(=O)OC(C)(C)C)cc1. The fourth-order valence-electron chi connectivity index (χ4n) is 2.90. The van der Waals surface area contributed by atoms with Gasteiger partial charge in [-0.3, -0.25) is 0 Å². The van der Waals surface area contributed by atoms with Crippen molar-refractivity contribution in [3.05, 3.63) is 89.5 Å². The Bertz CT molecular complexity index is 1020. The largest absolute Gasteiger partial charge is 0.488 e. The summed E-state index contributed by atoms with van der Waals surface area (Å²) in [7, 11) is 0. The maximum absolute atomic E-state index is 12.2. The van der Waals surface area contributed by atoms with Crippen LogP contribution in [0.2, 0.25) is 0 Å². The molecule has 0 bridgehead atoms. The molecular weight excluding hydrogens is 360 g/mol. The Balaban J connectivity index is 1.83. The first kappa shape index (κ1) is 20.2. The molecule has 0 radical (unpaired) electrons. The molecule has 0 aromatic heterocycles. The van der Waals surface area contributed by atoms with Crippen molar-refractivity contribution in [2.24, 2.45) is 0 Å². The van der Waals surface area contributed by atoms with Gasteiger partial charge in [0.1, 0.15) is 18.0 Å². The molecule has 0 atom stereocenters. The molecule has 0 saturated heterocycles. The summed E-state index contributed by atoms with van der Waals surface area (Å²) in [5, 5.41) is 0. The number of hydrogen-bond donors (Lipinski definition) is 0. The van der Waals surface area contributed by atoms with Crippen molar-refractivity contribution in [3.8, 4) is 29.2 Å². The van der Waals surface area contributed by atoms with Gasteiger partial charge in [0.05, 0.1) is 11.1 Å². The molecule has 0 fully saturated rings. The minimum atomic E-state index is -0.531. The quantitative estimate of drug-likeness (QED) is 0.408. The number of carbonyl (C=O) groups is 1. The van der Waals surface area contributed by atoms with Gasteiger partial charge in [-0.15, -0.1) is 6.42 Å². The highest BCUT2D eigenvalue weighted by molar-refractivity contribution is 5.90. The summed E-state index contributed by atoms with van der Waals surface area (Å²) < 4.78 is 11.4. The average molecular weight is 384 g/mol. The second-order valence-electron chi connectivity index (χ2n) is 7.68.